The first-order valence-corrected chi connectivity index (χ1v) is 11.9. The molecule has 0 aromatic heterocycles. The molecule has 2 nitrogen and oxygen atoms in total. The lowest BCUT2D eigenvalue weighted by Gasteiger charge is -2.28. The molecule has 6 heteroatoms. The molecule has 1 saturated heterocycles. The van der Waals surface area contributed by atoms with Gasteiger partial charge in [-0.1, -0.05) is 55.8 Å². The van der Waals surface area contributed by atoms with Gasteiger partial charge >= 0.3 is 0 Å². The van der Waals surface area contributed by atoms with E-state index in [1.165, 1.54) is 18.2 Å². The molecule has 1 heterocycles. The molecule has 0 saturated carbocycles. The molecule has 0 aliphatic carbocycles. The quantitative estimate of drug-likeness (QED) is 0.182. The lowest BCUT2D eigenvalue weighted by Crippen LogP contribution is -2.20. The molecule has 0 spiro atoms. The summed E-state index contributed by atoms with van der Waals surface area (Å²) in [5, 5.41) is 0. The fourth-order valence-corrected chi connectivity index (χ4v) is 4.26. The Morgan fingerprint density at radius 2 is 1.49 bits per heavy atom. The van der Waals surface area contributed by atoms with Crippen LogP contribution >= 0.6 is 0 Å². The zero-order chi connectivity index (χ0) is 24.9. The number of rotatable bonds is 8. The zero-order valence-electron chi connectivity index (χ0n) is 19.6. The van der Waals surface area contributed by atoms with Gasteiger partial charge in [0.05, 0.1) is 19.3 Å². The predicted octanol–water partition coefficient (Wildman–Crippen LogP) is 8.41. The van der Waals surface area contributed by atoms with Gasteiger partial charge in [-0.15, -0.1) is 6.58 Å². The van der Waals surface area contributed by atoms with Crippen molar-refractivity contribution in [2.45, 2.75) is 38.7 Å². The standard InChI is InChI=1S/C29H28F4O2/c1-3-5-16-34-25-15-13-22(27(31)29(25)33)20-9-7-19(8-10-20)21-11-12-23(28(32)26(21)30)24-14-6-18(4-2)17-35-24/h4,7-13,15,18,24H,2-3,5-6,14,16-17H2,1H3. The molecular formula is C29H28F4O2. The van der Waals surface area contributed by atoms with Crippen LogP contribution in [0.15, 0.2) is 61.2 Å². The van der Waals surface area contributed by atoms with Crippen LogP contribution in [0.1, 0.15) is 44.3 Å². The summed E-state index contributed by atoms with van der Waals surface area (Å²) in [5.74, 6) is -3.86. The third kappa shape index (κ3) is 5.27. The van der Waals surface area contributed by atoms with Crippen LogP contribution in [0, 0.1) is 29.2 Å². The zero-order valence-corrected chi connectivity index (χ0v) is 19.6. The van der Waals surface area contributed by atoms with E-state index in [2.05, 4.69) is 6.58 Å². The number of ether oxygens (including phenoxy) is 2. The monoisotopic (exact) mass is 484 g/mol. The van der Waals surface area contributed by atoms with E-state index in [4.69, 9.17) is 9.47 Å². The summed E-state index contributed by atoms with van der Waals surface area (Å²) in [6, 6.07) is 12.1. The van der Waals surface area contributed by atoms with Gasteiger partial charge in [0.15, 0.2) is 23.2 Å². The van der Waals surface area contributed by atoms with Gasteiger partial charge in [0.2, 0.25) is 5.82 Å². The van der Waals surface area contributed by atoms with Gasteiger partial charge in [-0.3, -0.25) is 0 Å². The average molecular weight is 485 g/mol. The van der Waals surface area contributed by atoms with E-state index in [9.17, 15) is 17.6 Å². The highest BCUT2D eigenvalue weighted by Crippen LogP contribution is 2.36. The molecule has 1 fully saturated rings. The van der Waals surface area contributed by atoms with Gasteiger partial charge in [0.25, 0.3) is 0 Å². The second kappa shape index (κ2) is 11.1. The molecule has 3 aromatic carbocycles. The largest absolute Gasteiger partial charge is 0.490 e. The van der Waals surface area contributed by atoms with Gasteiger partial charge in [0.1, 0.15) is 0 Å². The number of hydrogen-bond acceptors (Lipinski definition) is 2. The molecule has 35 heavy (non-hydrogen) atoms. The summed E-state index contributed by atoms with van der Waals surface area (Å²) >= 11 is 0. The maximum atomic E-state index is 15.0. The van der Waals surface area contributed by atoms with Crippen LogP contribution in [0.2, 0.25) is 0 Å². The Morgan fingerprint density at radius 3 is 2.06 bits per heavy atom. The highest BCUT2D eigenvalue weighted by Gasteiger charge is 2.26. The normalized spacial score (nSPS) is 17.9. The van der Waals surface area contributed by atoms with E-state index >= 15 is 0 Å². The van der Waals surface area contributed by atoms with E-state index in [0.29, 0.717) is 30.8 Å². The third-order valence-corrected chi connectivity index (χ3v) is 6.41. The molecule has 1 aliphatic heterocycles. The van der Waals surface area contributed by atoms with Crippen LogP contribution < -0.4 is 4.74 Å². The second-order valence-electron chi connectivity index (χ2n) is 8.74. The Bertz CT molecular complexity index is 1180. The third-order valence-electron chi connectivity index (χ3n) is 6.41. The smallest absolute Gasteiger partial charge is 0.201 e. The molecule has 184 valence electrons. The lowest BCUT2D eigenvalue weighted by molar-refractivity contribution is -0.00732. The molecule has 2 atom stereocenters. The fourth-order valence-electron chi connectivity index (χ4n) is 4.26. The molecular weight excluding hydrogens is 456 g/mol. The molecule has 2 unspecified atom stereocenters. The molecule has 0 amide bonds. The van der Waals surface area contributed by atoms with Crippen molar-refractivity contribution in [3.63, 3.8) is 0 Å². The van der Waals surface area contributed by atoms with Gasteiger partial charge in [-0.2, -0.15) is 4.39 Å². The van der Waals surface area contributed by atoms with Gasteiger partial charge < -0.3 is 9.47 Å². The van der Waals surface area contributed by atoms with Crippen molar-refractivity contribution in [1.82, 2.24) is 0 Å². The Kier molecular flexibility index (Phi) is 7.91. The molecule has 1 aliphatic rings. The lowest BCUT2D eigenvalue weighted by atomic mass is 9.92. The van der Waals surface area contributed by atoms with Gasteiger partial charge in [-0.25, -0.2) is 13.2 Å². The molecule has 3 aromatic rings. The predicted molar refractivity (Wildman–Crippen MR) is 129 cm³/mol. The van der Waals surface area contributed by atoms with Crippen LogP contribution in [0.3, 0.4) is 0 Å². The van der Waals surface area contributed by atoms with E-state index in [1.807, 2.05) is 13.0 Å². The van der Waals surface area contributed by atoms with Crippen molar-refractivity contribution in [3.05, 3.63) is 90.0 Å². The Hall–Kier alpha value is -3.12. The van der Waals surface area contributed by atoms with E-state index < -0.39 is 29.4 Å². The first-order chi connectivity index (χ1) is 16.9. The highest BCUT2D eigenvalue weighted by molar-refractivity contribution is 5.71. The summed E-state index contributed by atoms with van der Waals surface area (Å²) in [7, 11) is 0. The Morgan fingerprint density at radius 1 is 0.857 bits per heavy atom. The second-order valence-corrected chi connectivity index (χ2v) is 8.74. The van der Waals surface area contributed by atoms with Crippen molar-refractivity contribution in [2.24, 2.45) is 5.92 Å². The van der Waals surface area contributed by atoms with Crippen LogP contribution in [-0.2, 0) is 4.74 Å². The van der Waals surface area contributed by atoms with Crippen molar-refractivity contribution in [2.75, 3.05) is 13.2 Å². The van der Waals surface area contributed by atoms with Crippen molar-refractivity contribution < 1.29 is 27.0 Å². The topological polar surface area (TPSA) is 18.5 Å². The maximum Gasteiger partial charge on any atom is 0.201 e. The van der Waals surface area contributed by atoms with E-state index in [1.54, 1.807) is 30.3 Å². The van der Waals surface area contributed by atoms with E-state index in [-0.39, 0.29) is 28.4 Å². The highest BCUT2D eigenvalue weighted by atomic mass is 19.2. The molecule has 0 N–H and O–H groups in total. The van der Waals surface area contributed by atoms with Crippen molar-refractivity contribution in [3.8, 4) is 28.0 Å². The van der Waals surface area contributed by atoms with Gasteiger partial charge in [0, 0.05) is 22.6 Å². The summed E-state index contributed by atoms with van der Waals surface area (Å²) in [6.07, 6.45) is 4.34. The van der Waals surface area contributed by atoms with E-state index in [0.717, 1.165) is 19.3 Å². The SMILES string of the molecule is C=CC1CCC(c2ccc(-c3ccc(-c4ccc(OCCCC)c(F)c4F)cc3)c(F)c2F)OC1. The summed E-state index contributed by atoms with van der Waals surface area (Å²) in [5.41, 5.74) is 1.18. The number of unbranched alkanes of at least 4 members (excludes halogenated alkanes) is 1. The molecule has 0 radical (unpaired) electrons. The van der Waals surface area contributed by atoms with Gasteiger partial charge in [-0.05, 0) is 42.5 Å². The Balaban J connectivity index is 1.55. The number of benzene rings is 3. The number of hydrogen-bond donors (Lipinski definition) is 0. The first kappa shape index (κ1) is 25.0. The Labute approximate surface area is 203 Å². The summed E-state index contributed by atoms with van der Waals surface area (Å²) < 4.78 is 70.1. The van der Waals surface area contributed by atoms with Crippen LogP contribution in [0.25, 0.3) is 22.3 Å². The summed E-state index contributed by atoms with van der Waals surface area (Å²) in [6.45, 7) is 6.47. The van der Waals surface area contributed by atoms with Crippen molar-refractivity contribution in [1.29, 1.82) is 0 Å². The minimum absolute atomic E-state index is 0.0613. The van der Waals surface area contributed by atoms with Crippen LogP contribution in [0.4, 0.5) is 17.6 Å². The van der Waals surface area contributed by atoms with Crippen LogP contribution in [0.5, 0.6) is 5.75 Å². The molecule has 4 rings (SSSR count). The average Bonchev–Trinajstić information content (AvgIpc) is 2.89. The maximum absolute atomic E-state index is 15.0. The number of halogens is 4. The molecule has 0 bridgehead atoms. The first-order valence-electron chi connectivity index (χ1n) is 11.9. The fraction of sp³-hybridized carbons (Fsp3) is 0.310. The minimum atomic E-state index is -1.05. The van der Waals surface area contributed by atoms with Crippen molar-refractivity contribution >= 4 is 0 Å². The minimum Gasteiger partial charge on any atom is -0.490 e. The summed E-state index contributed by atoms with van der Waals surface area (Å²) in [4.78, 5) is 0. The van der Waals surface area contributed by atoms with Crippen LogP contribution in [-0.4, -0.2) is 13.2 Å².